The minimum absolute atomic E-state index is 0.0110. The highest BCUT2D eigenvalue weighted by molar-refractivity contribution is 7.91. The van der Waals surface area contributed by atoms with E-state index in [0.717, 1.165) is 12.1 Å². The predicted octanol–water partition coefficient (Wildman–Crippen LogP) is 0.919. The van der Waals surface area contributed by atoms with Gasteiger partial charge in [0.05, 0.1) is 28.4 Å². The number of likely N-dealkylation sites (N-methyl/N-ethyl adjacent to an activating group) is 1. The Kier molecular flexibility index (Phi) is 5.73. The van der Waals surface area contributed by atoms with Gasteiger partial charge in [-0.3, -0.25) is 0 Å². The smallest absolute Gasteiger partial charge is 0.395 e. The van der Waals surface area contributed by atoms with Crippen LogP contribution in [0.15, 0.2) is 17.0 Å². The maximum absolute atomic E-state index is 13.0. The summed E-state index contributed by atoms with van der Waals surface area (Å²) in [5.74, 6) is -0.387. The van der Waals surface area contributed by atoms with E-state index in [9.17, 15) is 21.6 Å². The third-order valence-corrected chi connectivity index (χ3v) is 5.88. The molecule has 0 aromatic heterocycles. The van der Waals surface area contributed by atoms with E-state index in [0.29, 0.717) is 19.6 Å². The van der Waals surface area contributed by atoms with Crippen molar-refractivity contribution in [3.05, 3.63) is 28.8 Å². The van der Waals surface area contributed by atoms with Crippen LogP contribution in [0, 0.1) is 11.3 Å². The topological polar surface area (TPSA) is 93.4 Å². The number of halogens is 3. The number of nitrogens with one attached hydrogen (secondary N) is 1. The summed E-state index contributed by atoms with van der Waals surface area (Å²) in [5, 5.41) is 20.9. The van der Waals surface area contributed by atoms with Gasteiger partial charge in [0.25, 0.3) is 0 Å². The average molecular weight is 377 g/mol. The fourth-order valence-electron chi connectivity index (χ4n) is 2.83. The number of aliphatic hydroxyl groups excluding tert-OH is 1. The molecule has 0 fully saturated rings. The number of alkyl halides is 3. The molecule has 0 spiro atoms. The van der Waals surface area contributed by atoms with E-state index < -0.39 is 38.1 Å². The van der Waals surface area contributed by atoms with Gasteiger partial charge in [-0.1, -0.05) is 6.07 Å². The first-order chi connectivity index (χ1) is 11.6. The van der Waals surface area contributed by atoms with Crippen molar-refractivity contribution in [1.82, 2.24) is 10.2 Å². The van der Waals surface area contributed by atoms with Gasteiger partial charge in [-0.2, -0.15) is 18.4 Å². The third-order valence-electron chi connectivity index (χ3n) is 4.04. The number of rotatable bonds is 6. The Labute approximate surface area is 143 Å². The van der Waals surface area contributed by atoms with Gasteiger partial charge in [-0.05, 0) is 18.7 Å². The van der Waals surface area contributed by atoms with Crippen LogP contribution in [0.4, 0.5) is 13.2 Å². The first kappa shape index (κ1) is 19.7. The van der Waals surface area contributed by atoms with Crippen molar-refractivity contribution < 1.29 is 26.7 Å². The van der Waals surface area contributed by atoms with Crippen LogP contribution < -0.4 is 5.32 Å². The zero-order valence-electron chi connectivity index (χ0n) is 13.5. The molecule has 1 heterocycles. The zero-order valence-corrected chi connectivity index (χ0v) is 14.3. The molecular weight excluding hydrogens is 359 g/mol. The summed E-state index contributed by atoms with van der Waals surface area (Å²) in [5.41, 5.74) is -1.89. The molecule has 2 rings (SSSR count). The number of fused-ring (bicyclic) bond motifs is 1. The van der Waals surface area contributed by atoms with Gasteiger partial charge in [-0.25, -0.2) is 8.42 Å². The van der Waals surface area contributed by atoms with E-state index >= 15 is 0 Å². The second-order valence-corrected chi connectivity index (χ2v) is 7.80. The van der Waals surface area contributed by atoms with Crippen LogP contribution in [0.3, 0.4) is 0 Å². The third kappa shape index (κ3) is 4.12. The average Bonchev–Trinajstić information content (AvgIpc) is 2.77. The van der Waals surface area contributed by atoms with Crippen molar-refractivity contribution in [2.75, 3.05) is 39.0 Å². The van der Waals surface area contributed by atoms with Gasteiger partial charge in [0.1, 0.15) is 6.07 Å². The number of hydrogen-bond acceptors (Lipinski definition) is 6. The normalized spacial score (nSPS) is 19.0. The molecule has 2 N–H and O–H groups in total. The molecule has 0 bridgehead atoms. The fraction of sp³-hybridized carbons (Fsp3) is 0.533. The molecule has 1 aromatic rings. The molecule has 1 unspecified atom stereocenters. The molecule has 1 atom stereocenters. The maximum Gasteiger partial charge on any atom is 0.417 e. The highest BCUT2D eigenvalue weighted by atomic mass is 32.2. The fourth-order valence-corrected chi connectivity index (χ4v) is 4.77. The van der Waals surface area contributed by atoms with Gasteiger partial charge >= 0.3 is 6.18 Å². The molecule has 1 aliphatic rings. The Balaban J connectivity index is 2.32. The van der Waals surface area contributed by atoms with Crippen LogP contribution in [0.2, 0.25) is 0 Å². The van der Waals surface area contributed by atoms with Crippen LogP contribution in [0.5, 0.6) is 0 Å². The molecule has 6 nitrogen and oxygen atoms in total. The Morgan fingerprint density at radius 1 is 1.40 bits per heavy atom. The molecule has 0 saturated carbocycles. The van der Waals surface area contributed by atoms with E-state index in [2.05, 4.69) is 5.32 Å². The summed E-state index contributed by atoms with van der Waals surface area (Å²) >= 11 is 0. The van der Waals surface area contributed by atoms with Gasteiger partial charge < -0.3 is 15.3 Å². The molecule has 0 radical (unpaired) electrons. The number of nitrogens with zero attached hydrogens (tertiary/aromatic N) is 2. The molecule has 25 heavy (non-hydrogen) atoms. The number of benzene rings is 1. The van der Waals surface area contributed by atoms with Gasteiger partial charge in [0, 0.05) is 25.7 Å². The van der Waals surface area contributed by atoms with E-state index in [-0.39, 0.29) is 17.9 Å². The highest BCUT2D eigenvalue weighted by Gasteiger charge is 2.42. The second-order valence-electron chi connectivity index (χ2n) is 5.83. The SMILES string of the molecule is CN(CCO)CCNC1CS(=O)(=O)c2c1ccc(C(F)(F)F)c2C#N. The summed E-state index contributed by atoms with van der Waals surface area (Å²) in [6.07, 6.45) is -4.80. The minimum atomic E-state index is -4.80. The molecule has 1 aliphatic heterocycles. The number of nitriles is 1. The van der Waals surface area contributed by atoms with Crippen molar-refractivity contribution in [2.45, 2.75) is 17.1 Å². The van der Waals surface area contributed by atoms with E-state index in [1.807, 2.05) is 4.90 Å². The van der Waals surface area contributed by atoms with Crippen molar-refractivity contribution in [3.63, 3.8) is 0 Å². The molecular formula is C15H18F3N3O3S. The molecule has 1 aromatic carbocycles. The van der Waals surface area contributed by atoms with Gasteiger partial charge in [0.2, 0.25) is 0 Å². The lowest BCUT2D eigenvalue weighted by Gasteiger charge is -2.18. The first-order valence-corrected chi connectivity index (χ1v) is 9.16. The molecule has 138 valence electrons. The van der Waals surface area contributed by atoms with Crippen LogP contribution in [0.25, 0.3) is 0 Å². The Morgan fingerprint density at radius 3 is 2.64 bits per heavy atom. The van der Waals surface area contributed by atoms with E-state index in [1.165, 1.54) is 6.07 Å². The lowest BCUT2D eigenvalue weighted by Crippen LogP contribution is -2.33. The van der Waals surface area contributed by atoms with Crippen molar-refractivity contribution in [2.24, 2.45) is 0 Å². The van der Waals surface area contributed by atoms with Crippen LogP contribution in [-0.4, -0.2) is 57.5 Å². The summed E-state index contributed by atoms with van der Waals surface area (Å²) in [6, 6.07) is 2.62. The summed E-state index contributed by atoms with van der Waals surface area (Å²) in [6.45, 7) is 1.36. The predicted molar refractivity (Wildman–Crippen MR) is 83.5 cm³/mol. The number of sulfone groups is 1. The van der Waals surface area contributed by atoms with Crippen molar-refractivity contribution in [1.29, 1.82) is 5.26 Å². The summed E-state index contributed by atoms with van der Waals surface area (Å²) in [4.78, 5) is 1.30. The lowest BCUT2D eigenvalue weighted by atomic mass is 10.0. The quantitative estimate of drug-likeness (QED) is 0.766. The lowest BCUT2D eigenvalue weighted by molar-refractivity contribution is -0.137. The largest absolute Gasteiger partial charge is 0.417 e. The van der Waals surface area contributed by atoms with Gasteiger partial charge in [0.15, 0.2) is 9.84 Å². The summed E-state index contributed by atoms with van der Waals surface area (Å²) in [7, 11) is -2.20. The monoisotopic (exact) mass is 377 g/mol. The van der Waals surface area contributed by atoms with E-state index in [1.54, 1.807) is 7.05 Å². The van der Waals surface area contributed by atoms with Crippen LogP contribution in [-0.2, 0) is 16.0 Å². The second kappa shape index (κ2) is 7.29. The molecule has 0 amide bonds. The minimum Gasteiger partial charge on any atom is -0.395 e. The Bertz CT molecular complexity index is 788. The Morgan fingerprint density at radius 2 is 2.08 bits per heavy atom. The van der Waals surface area contributed by atoms with Crippen molar-refractivity contribution in [3.8, 4) is 6.07 Å². The first-order valence-electron chi connectivity index (χ1n) is 7.51. The van der Waals surface area contributed by atoms with E-state index in [4.69, 9.17) is 10.4 Å². The maximum atomic E-state index is 13.0. The standard InChI is InChI=1S/C15H18F3N3O3S/c1-21(6-7-22)5-4-20-13-9-25(23,24)14-10(13)2-3-12(11(14)8-19)15(16,17)18/h2-3,13,20,22H,4-7,9H2,1H3. The summed E-state index contributed by atoms with van der Waals surface area (Å²) < 4.78 is 63.7. The highest BCUT2D eigenvalue weighted by Crippen LogP contribution is 2.41. The number of hydrogen-bond donors (Lipinski definition) is 2. The molecule has 10 heteroatoms. The van der Waals surface area contributed by atoms with Gasteiger partial charge in [-0.15, -0.1) is 0 Å². The molecule has 0 aliphatic carbocycles. The van der Waals surface area contributed by atoms with Crippen LogP contribution in [0.1, 0.15) is 22.7 Å². The molecule has 0 saturated heterocycles. The Hall–Kier alpha value is -1.67. The van der Waals surface area contributed by atoms with Crippen molar-refractivity contribution >= 4 is 9.84 Å². The number of aliphatic hydroxyl groups is 1. The zero-order chi connectivity index (χ0) is 18.8. The van der Waals surface area contributed by atoms with Crippen LogP contribution >= 0.6 is 0 Å².